The van der Waals surface area contributed by atoms with E-state index in [1.54, 1.807) is 10.9 Å². The molecule has 0 aliphatic carbocycles. The molecule has 0 aliphatic heterocycles. The van der Waals surface area contributed by atoms with Gasteiger partial charge in [-0.15, -0.1) is 16.7 Å². The molecule has 4 nitrogen and oxygen atoms in total. The second-order valence-corrected chi connectivity index (χ2v) is 2.59. The first-order chi connectivity index (χ1) is 5.34. The van der Waals surface area contributed by atoms with Crippen molar-refractivity contribution in [1.82, 2.24) is 15.0 Å². The topological polar surface area (TPSA) is 42.7 Å². The molecule has 62 valence electrons. The van der Waals surface area contributed by atoms with Crippen molar-refractivity contribution >= 4 is 17.4 Å². The summed E-state index contributed by atoms with van der Waals surface area (Å²) in [5.74, 6) is 1.60. The van der Waals surface area contributed by atoms with E-state index in [2.05, 4.69) is 15.6 Å². The van der Waals surface area contributed by atoms with Crippen LogP contribution in [0.3, 0.4) is 0 Å². The zero-order valence-corrected chi connectivity index (χ0v) is 7.17. The molecule has 0 radical (unpaired) electrons. The standard InChI is InChI=1S/C6H11ClN4/c1-11-6(5-9-10-11)8-4-2-3-7/h5,8H,2-4H2,1H3. The minimum Gasteiger partial charge on any atom is -0.369 e. The predicted molar refractivity (Wildman–Crippen MR) is 44.8 cm³/mol. The summed E-state index contributed by atoms with van der Waals surface area (Å²) in [4.78, 5) is 0. The highest BCUT2D eigenvalue weighted by atomic mass is 35.5. The fourth-order valence-electron chi connectivity index (χ4n) is 0.733. The Balaban J connectivity index is 2.32. The Hall–Kier alpha value is -0.770. The van der Waals surface area contributed by atoms with Gasteiger partial charge < -0.3 is 5.32 Å². The molecule has 0 unspecified atom stereocenters. The van der Waals surface area contributed by atoms with Gasteiger partial charge in [-0.3, -0.25) is 0 Å². The smallest absolute Gasteiger partial charge is 0.144 e. The van der Waals surface area contributed by atoms with Crippen LogP contribution >= 0.6 is 11.6 Å². The van der Waals surface area contributed by atoms with Crippen molar-refractivity contribution in [3.63, 3.8) is 0 Å². The van der Waals surface area contributed by atoms with Gasteiger partial charge in [-0.2, -0.15) is 0 Å². The largest absolute Gasteiger partial charge is 0.369 e. The average Bonchev–Trinajstić information content (AvgIpc) is 2.37. The summed E-state index contributed by atoms with van der Waals surface area (Å²) in [5, 5.41) is 10.6. The molecule has 1 aromatic rings. The summed E-state index contributed by atoms with van der Waals surface area (Å²) >= 11 is 5.50. The lowest BCUT2D eigenvalue weighted by atomic mass is 10.5. The lowest BCUT2D eigenvalue weighted by molar-refractivity contribution is 0.716. The molecule has 1 aromatic heterocycles. The van der Waals surface area contributed by atoms with Crippen molar-refractivity contribution in [3.05, 3.63) is 6.20 Å². The first kappa shape index (κ1) is 8.33. The van der Waals surface area contributed by atoms with E-state index >= 15 is 0 Å². The zero-order valence-electron chi connectivity index (χ0n) is 6.42. The number of nitrogens with zero attached hydrogens (tertiary/aromatic N) is 3. The van der Waals surface area contributed by atoms with Crippen molar-refractivity contribution in [1.29, 1.82) is 0 Å². The van der Waals surface area contributed by atoms with Gasteiger partial charge in [0, 0.05) is 19.5 Å². The van der Waals surface area contributed by atoms with Crippen LogP contribution in [0.15, 0.2) is 6.20 Å². The molecule has 0 aromatic carbocycles. The summed E-state index contributed by atoms with van der Waals surface area (Å²) in [7, 11) is 1.84. The molecule has 0 saturated carbocycles. The Kier molecular flexibility index (Phi) is 3.16. The Labute approximate surface area is 70.5 Å². The predicted octanol–water partition coefficient (Wildman–Crippen LogP) is 0.856. The van der Waals surface area contributed by atoms with Gasteiger partial charge in [0.05, 0.1) is 6.20 Å². The summed E-state index contributed by atoms with van der Waals surface area (Å²) in [6.45, 7) is 0.866. The van der Waals surface area contributed by atoms with Gasteiger partial charge >= 0.3 is 0 Å². The highest BCUT2D eigenvalue weighted by molar-refractivity contribution is 6.17. The van der Waals surface area contributed by atoms with Crippen LogP contribution in [0.2, 0.25) is 0 Å². The maximum Gasteiger partial charge on any atom is 0.144 e. The maximum atomic E-state index is 5.50. The van der Waals surface area contributed by atoms with E-state index in [-0.39, 0.29) is 0 Å². The molecule has 11 heavy (non-hydrogen) atoms. The van der Waals surface area contributed by atoms with Crippen LogP contribution in [0.4, 0.5) is 5.82 Å². The van der Waals surface area contributed by atoms with E-state index in [0.29, 0.717) is 5.88 Å². The van der Waals surface area contributed by atoms with Crippen LogP contribution in [-0.2, 0) is 7.05 Å². The highest BCUT2D eigenvalue weighted by Crippen LogP contribution is 2.00. The van der Waals surface area contributed by atoms with Gasteiger partial charge in [0.15, 0.2) is 0 Å². The second kappa shape index (κ2) is 4.18. The van der Waals surface area contributed by atoms with E-state index in [9.17, 15) is 0 Å². The summed E-state index contributed by atoms with van der Waals surface area (Å²) < 4.78 is 1.69. The summed E-state index contributed by atoms with van der Waals surface area (Å²) in [5.41, 5.74) is 0. The molecule has 0 saturated heterocycles. The first-order valence-corrected chi connectivity index (χ1v) is 4.02. The van der Waals surface area contributed by atoms with Crippen LogP contribution in [0.25, 0.3) is 0 Å². The summed E-state index contributed by atoms with van der Waals surface area (Å²) in [6.07, 6.45) is 2.64. The van der Waals surface area contributed by atoms with Gasteiger partial charge in [-0.25, -0.2) is 4.68 Å². The van der Waals surface area contributed by atoms with Crippen LogP contribution in [0.5, 0.6) is 0 Å². The number of halogens is 1. The minimum atomic E-state index is 0.679. The van der Waals surface area contributed by atoms with Crippen LogP contribution in [0.1, 0.15) is 6.42 Å². The SMILES string of the molecule is Cn1nncc1NCCCCl. The second-order valence-electron chi connectivity index (χ2n) is 2.21. The fourth-order valence-corrected chi connectivity index (χ4v) is 0.867. The maximum absolute atomic E-state index is 5.50. The van der Waals surface area contributed by atoms with Gasteiger partial charge in [0.25, 0.3) is 0 Å². The number of nitrogens with one attached hydrogen (secondary N) is 1. The number of rotatable bonds is 4. The quantitative estimate of drug-likeness (QED) is 0.544. The van der Waals surface area contributed by atoms with E-state index in [1.807, 2.05) is 7.05 Å². The molecule has 0 atom stereocenters. The number of hydrogen-bond donors (Lipinski definition) is 1. The van der Waals surface area contributed by atoms with Gasteiger partial charge in [-0.05, 0) is 6.42 Å². The Morgan fingerprint density at radius 1 is 1.73 bits per heavy atom. The van der Waals surface area contributed by atoms with Crippen molar-refractivity contribution < 1.29 is 0 Å². The average molecular weight is 175 g/mol. The van der Waals surface area contributed by atoms with Gasteiger partial charge in [-0.1, -0.05) is 5.21 Å². The number of aryl methyl sites for hydroxylation is 1. The molecule has 5 heteroatoms. The van der Waals surface area contributed by atoms with Crippen LogP contribution < -0.4 is 5.32 Å². The minimum absolute atomic E-state index is 0.679. The zero-order chi connectivity index (χ0) is 8.10. The third-order valence-corrected chi connectivity index (χ3v) is 1.60. The molecule has 1 rings (SSSR count). The van der Waals surface area contributed by atoms with Crippen LogP contribution in [0, 0.1) is 0 Å². The van der Waals surface area contributed by atoms with Gasteiger partial charge in [0.2, 0.25) is 0 Å². The molecular formula is C6H11ClN4. The highest BCUT2D eigenvalue weighted by Gasteiger charge is 1.95. The third kappa shape index (κ3) is 2.38. The molecule has 0 aliphatic rings. The molecule has 0 bridgehead atoms. The van der Waals surface area contributed by atoms with E-state index in [1.165, 1.54) is 0 Å². The number of alkyl halides is 1. The number of hydrogen-bond acceptors (Lipinski definition) is 3. The normalized spacial score (nSPS) is 10.0. The third-order valence-electron chi connectivity index (χ3n) is 1.33. The number of anilines is 1. The van der Waals surface area contributed by atoms with Crippen LogP contribution in [-0.4, -0.2) is 27.4 Å². The summed E-state index contributed by atoms with van der Waals surface area (Å²) in [6, 6.07) is 0. The Morgan fingerprint density at radius 3 is 3.09 bits per heavy atom. The van der Waals surface area contributed by atoms with Crippen molar-refractivity contribution in [2.75, 3.05) is 17.7 Å². The van der Waals surface area contributed by atoms with E-state index in [4.69, 9.17) is 11.6 Å². The molecule has 1 heterocycles. The molecular weight excluding hydrogens is 164 g/mol. The first-order valence-electron chi connectivity index (χ1n) is 3.49. The molecule has 1 N–H and O–H groups in total. The van der Waals surface area contributed by atoms with Crippen molar-refractivity contribution in [2.45, 2.75) is 6.42 Å². The monoisotopic (exact) mass is 174 g/mol. The lowest BCUT2D eigenvalue weighted by Crippen LogP contribution is -2.06. The lowest BCUT2D eigenvalue weighted by Gasteiger charge is -2.02. The fraction of sp³-hybridized carbons (Fsp3) is 0.667. The Bertz CT molecular complexity index is 210. The van der Waals surface area contributed by atoms with E-state index < -0.39 is 0 Å². The van der Waals surface area contributed by atoms with Gasteiger partial charge in [0.1, 0.15) is 5.82 Å². The Morgan fingerprint density at radius 2 is 2.55 bits per heavy atom. The van der Waals surface area contributed by atoms with Crippen molar-refractivity contribution in [2.24, 2.45) is 7.05 Å². The molecule has 0 fully saturated rings. The van der Waals surface area contributed by atoms with Crippen molar-refractivity contribution in [3.8, 4) is 0 Å². The molecule has 0 amide bonds. The van der Waals surface area contributed by atoms with E-state index in [0.717, 1.165) is 18.8 Å². The number of aromatic nitrogens is 3. The molecule has 0 spiro atoms.